The maximum absolute atomic E-state index is 12.3. The van der Waals surface area contributed by atoms with Gasteiger partial charge in [-0.3, -0.25) is 9.59 Å². The smallest absolute Gasteiger partial charge is 0.233 e. The second kappa shape index (κ2) is 5.22. The molecule has 0 aromatic carbocycles. The first-order valence-electron chi connectivity index (χ1n) is 6.42. The number of amides is 2. The highest BCUT2D eigenvalue weighted by atomic mass is 32.1. The van der Waals surface area contributed by atoms with Crippen LogP contribution in [0.1, 0.15) is 38.5 Å². The fraction of sp³-hybridized carbons (Fsp3) is 0.750. The minimum Gasteiger partial charge on any atom is -0.392 e. The first kappa shape index (κ1) is 13.3. The lowest BCUT2D eigenvalue weighted by molar-refractivity contribution is -0.127. The Morgan fingerprint density at radius 2 is 2.17 bits per heavy atom. The maximum Gasteiger partial charge on any atom is 0.233 e. The zero-order valence-electron chi connectivity index (χ0n) is 10.3. The molecule has 1 unspecified atom stereocenters. The summed E-state index contributed by atoms with van der Waals surface area (Å²) in [5.41, 5.74) is 5.09. The summed E-state index contributed by atoms with van der Waals surface area (Å²) in [6.45, 7) is 0.467. The molecule has 18 heavy (non-hydrogen) atoms. The Kier molecular flexibility index (Phi) is 3.85. The molecule has 4 N–H and O–H groups in total. The fourth-order valence-electron chi connectivity index (χ4n) is 2.78. The summed E-state index contributed by atoms with van der Waals surface area (Å²) in [7, 11) is 0. The number of hydrogen-bond donors (Lipinski definition) is 3. The van der Waals surface area contributed by atoms with Crippen molar-refractivity contribution >= 4 is 29.0 Å². The molecule has 2 aliphatic rings. The molecule has 6 heteroatoms. The van der Waals surface area contributed by atoms with Crippen LogP contribution >= 0.6 is 12.2 Å². The molecule has 5 nitrogen and oxygen atoms in total. The number of carbonyl (C=O) groups excluding carboxylic acids is 2. The van der Waals surface area contributed by atoms with E-state index >= 15 is 0 Å². The zero-order chi connectivity index (χ0) is 13.2. The molecule has 1 aliphatic heterocycles. The van der Waals surface area contributed by atoms with Crippen LogP contribution in [0.4, 0.5) is 0 Å². The quantitative estimate of drug-likeness (QED) is 0.638. The Balaban J connectivity index is 1.90. The summed E-state index contributed by atoms with van der Waals surface area (Å²) in [6, 6.07) is 0.0475. The predicted molar refractivity (Wildman–Crippen MR) is 71.9 cm³/mol. The fourth-order valence-corrected chi connectivity index (χ4v) is 3.08. The highest BCUT2D eigenvalue weighted by Gasteiger charge is 2.44. The third-order valence-electron chi connectivity index (χ3n) is 3.96. The first-order chi connectivity index (χ1) is 8.54. The number of nitrogens with one attached hydrogen (secondary N) is 2. The second-order valence-electron chi connectivity index (χ2n) is 5.17. The highest BCUT2D eigenvalue weighted by Crippen LogP contribution is 2.38. The monoisotopic (exact) mass is 269 g/mol. The summed E-state index contributed by atoms with van der Waals surface area (Å²) in [4.78, 5) is 23.6. The van der Waals surface area contributed by atoms with Crippen molar-refractivity contribution in [3.63, 3.8) is 0 Å². The molecule has 0 aromatic heterocycles. The van der Waals surface area contributed by atoms with E-state index in [1.807, 2.05) is 0 Å². The van der Waals surface area contributed by atoms with Crippen molar-refractivity contribution in [2.45, 2.75) is 44.6 Å². The molecule has 1 saturated heterocycles. The average molecular weight is 269 g/mol. The van der Waals surface area contributed by atoms with E-state index in [1.54, 1.807) is 0 Å². The Morgan fingerprint density at radius 3 is 2.67 bits per heavy atom. The predicted octanol–water partition coefficient (Wildman–Crippen LogP) is 0.228. The van der Waals surface area contributed by atoms with E-state index in [9.17, 15) is 9.59 Å². The van der Waals surface area contributed by atoms with E-state index < -0.39 is 5.41 Å². The molecule has 2 amide bonds. The molecule has 0 bridgehead atoms. The van der Waals surface area contributed by atoms with Crippen LogP contribution in [-0.4, -0.2) is 29.4 Å². The summed E-state index contributed by atoms with van der Waals surface area (Å²) >= 11 is 5.06. The standard InChI is InChI=1S/C12H19N3O2S/c13-10(18)12(5-1-2-6-12)11(17)14-7-8-3-4-9(16)15-8/h8H,1-7H2,(H2,13,18)(H,14,17)(H,15,16). The van der Waals surface area contributed by atoms with Crippen molar-refractivity contribution in [3.05, 3.63) is 0 Å². The van der Waals surface area contributed by atoms with Crippen molar-refractivity contribution in [1.29, 1.82) is 0 Å². The van der Waals surface area contributed by atoms with Crippen LogP contribution < -0.4 is 16.4 Å². The van der Waals surface area contributed by atoms with Crippen molar-refractivity contribution < 1.29 is 9.59 Å². The van der Waals surface area contributed by atoms with Gasteiger partial charge in [0.25, 0.3) is 0 Å². The van der Waals surface area contributed by atoms with Gasteiger partial charge in [0.1, 0.15) is 0 Å². The van der Waals surface area contributed by atoms with E-state index in [1.165, 1.54) is 0 Å². The van der Waals surface area contributed by atoms with Gasteiger partial charge < -0.3 is 16.4 Å². The molecule has 0 aromatic rings. The Bertz CT molecular complexity index is 378. The van der Waals surface area contributed by atoms with Gasteiger partial charge in [-0.25, -0.2) is 0 Å². The molecule has 1 heterocycles. The van der Waals surface area contributed by atoms with Gasteiger partial charge in [0.15, 0.2) is 0 Å². The van der Waals surface area contributed by atoms with Gasteiger partial charge in [-0.2, -0.15) is 0 Å². The van der Waals surface area contributed by atoms with Gasteiger partial charge >= 0.3 is 0 Å². The summed E-state index contributed by atoms with van der Waals surface area (Å²) in [5.74, 6) is -0.0205. The Hall–Kier alpha value is -1.17. The Labute approximate surface area is 112 Å². The van der Waals surface area contributed by atoms with Crippen LogP contribution in [0, 0.1) is 5.41 Å². The van der Waals surface area contributed by atoms with Gasteiger partial charge in [-0.05, 0) is 19.3 Å². The van der Waals surface area contributed by atoms with E-state index in [-0.39, 0.29) is 17.9 Å². The lowest BCUT2D eigenvalue weighted by atomic mass is 9.85. The second-order valence-corrected chi connectivity index (χ2v) is 5.61. The first-order valence-corrected chi connectivity index (χ1v) is 6.83. The number of carbonyl (C=O) groups is 2. The van der Waals surface area contributed by atoms with Crippen molar-refractivity contribution in [2.75, 3.05) is 6.54 Å². The molecule has 0 spiro atoms. The van der Waals surface area contributed by atoms with E-state index in [2.05, 4.69) is 10.6 Å². The number of rotatable bonds is 4. The van der Waals surface area contributed by atoms with E-state index in [0.29, 0.717) is 18.0 Å². The molecule has 1 atom stereocenters. The molecule has 2 rings (SSSR count). The van der Waals surface area contributed by atoms with Crippen molar-refractivity contribution in [1.82, 2.24) is 10.6 Å². The number of nitrogens with two attached hydrogens (primary N) is 1. The van der Waals surface area contributed by atoms with Crippen LogP contribution in [0.15, 0.2) is 0 Å². The minimum absolute atomic E-state index is 0.0475. The third kappa shape index (κ3) is 2.48. The average Bonchev–Trinajstić information content (AvgIpc) is 2.95. The number of thiocarbonyl (C=S) groups is 1. The van der Waals surface area contributed by atoms with Crippen LogP contribution in [0.3, 0.4) is 0 Å². The molecule has 100 valence electrons. The minimum atomic E-state index is -0.655. The molecule has 2 fully saturated rings. The summed E-state index contributed by atoms with van der Waals surface area (Å²) in [5, 5.41) is 5.71. The summed E-state index contributed by atoms with van der Waals surface area (Å²) in [6.07, 6.45) is 4.78. The normalized spacial score (nSPS) is 25.8. The number of hydrogen-bond acceptors (Lipinski definition) is 3. The van der Waals surface area contributed by atoms with Crippen molar-refractivity contribution in [2.24, 2.45) is 11.1 Å². The third-order valence-corrected chi connectivity index (χ3v) is 4.35. The molecule has 0 radical (unpaired) electrons. The lowest BCUT2D eigenvalue weighted by Crippen LogP contribution is -2.50. The highest BCUT2D eigenvalue weighted by molar-refractivity contribution is 7.80. The van der Waals surface area contributed by atoms with Gasteiger partial charge in [-0.15, -0.1) is 0 Å². The van der Waals surface area contributed by atoms with E-state index in [0.717, 1.165) is 32.1 Å². The summed E-state index contributed by atoms with van der Waals surface area (Å²) < 4.78 is 0. The van der Waals surface area contributed by atoms with Crippen LogP contribution in [-0.2, 0) is 9.59 Å². The lowest BCUT2D eigenvalue weighted by Gasteiger charge is -2.27. The van der Waals surface area contributed by atoms with Crippen LogP contribution in [0.25, 0.3) is 0 Å². The molecule has 1 saturated carbocycles. The van der Waals surface area contributed by atoms with Gasteiger partial charge in [-0.1, -0.05) is 25.1 Å². The molecule has 1 aliphatic carbocycles. The Morgan fingerprint density at radius 1 is 1.50 bits per heavy atom. The molecular weight excluding hydrogens is 250 g/mol. The topological polar surface area (TPSA) is 84.2 Å². The van der Waals surface area contributed by atoms with Crippen molar-refractivity contribution in [3.8, 4) is 0 Å². The van der Waals surface area contributed by atoms with Gasteiger partial charge in [0.05, 0.1) is 10.4 Å². The SMILES string of the molecule is NC(=S)C1(C(=O)NCC2CCC(=O)N2)CCCC1. The van der Waals surface area contributed by atoms with Crippen LogP contribution in [0.2, 0.25) is 0 Å². The largest absolute Gasteiger partial charge is 0.392 e. The van der Waals surface area contributed by atoms with Crippen LogP contribution in [0.5, 0.6) is 0 Å². The maximum atomic E-state index is 12.3. The van der Waals surface area contributed by atoms with Gasteiger partial charge in [0.2, 0.25) is 11.8 Å². The zero-order valence-corrected chi connectivity index (χ0v) is 11.1. The molecular formula is C12H19N3O2S. The van der Waals surface area contributed by atoms with Gasteiger partial charge in [0, 0.05) is 19.0 Å². The van der Waals surface area contributed by atoms with E-state index in [4.69, 9.17) is 18.0 Å².